The third-order valence-corrected chi connectivity index (χ3v) is 4.73. The maximum Gasteiger partial charge on any atom is 0.432 e. The van der Waals surface area contributed by atoms with Crippen molar-refractivity contribution in [2.24, 2.45) is 0 Å². The van der Waals surface area contributed by atoms with Gasteiger partial charge in [-0.15, -0.1) is 0 Å². The van der Waals surface area contributed by atoms with Gasteiger partial charge in [0, 0.05) is 18.0 Å². The lowest BCUT2D eigenvalue weighted by Gasteiger charge is -2.09. The van der Waals surface area contributed by atoms with E-state index in [4.69, 9.17) is 4.74 Å². The Balaban J connectivity index is 1.33. The van der Waals surface area contributed by atoms with Crippen molar-refractivity contribution in [3.8, 4) is 23.0 Å². The van der Waals surface area contributed by atoms with Crippen LogP contribution in [0.1, 0.15) is 11.3 Å². The van der Waals surface area contributed by atoms with E-state index in [0.29, 0.717) is 28.9 Å². The van der Waals surface area contributed by atoms with Gasteiger partial charge in [0.1, 0.15) is 28.7 Å². The molecule has 0 spiro atoms. The number of nitrogens with zero attached hydrogens (tertiary/aromatic N) is 2. The molecule has 0 fully saturated rings. The molecule has 36 heavy (non-hydrogen) atoms. The van der Waals surface area contributed by atoms with Crippen molar-refractivity contribution < 1.29 is 31.9 Å². The van der Waals surface area contributed by atoms with Crippen LogP contribution in [0.25, 0.3) is 11.5 Å². The minimum atomic E-state index is -4.55. The maximum atomic E-state index is 12.9. The lowest BCUT2D eigenvalue weighted by molar-refractivity contribution is -0.140. The number of aromatic nitrogens is 3. The number of anilines is 1. The number of urea groups is 1. The molecule has 8 nitrogen and oxygen atoms in total. The Morgan fingerprint density at radius 3 is 2.33 bits per heavy atom. The first-order chi connectivity index (χ1) is 17.2. The molecular formula is C24H17F4N5O3. The molecule has 0 saturated carbocycles. The van der Waals surface area contributed by atoms with Crippen molar-refractivity contribution >= 4 is 17.6 Å². The number of imidazole rings is 1. The molecule has 3 amide bonds. The number of imide groups is 1. The Labute approximate surface area is 201 Å². The number of carbonyl (C=O) groups is 2. The van der Waals surface area contributed by atoms with E-state index in [1.807, 2.05) is 0 Å². The highest BCUT2D eigenvalue weighted by Gasteiger charge is 2.33. The summed E-state index contributed by atoms with van der Waals surface area (Å²) in [5, 5.41) is 4.68. The van der Waals surface area contributed by atoms with Gasteiger partial charge in [-0.25, -0.2) is 14.2 Å². The standard InChI is InChI=1S/C24H17F4N5O3/c25-15-3-1-14(2-4-15)11-21(34)33-23(35)31-16-5-7-17(8-6-16)36-18-9-10-29-19(12-18)22-30-13-20(32-22)24(26,27)28/h1-10,12-13H,11H2,(H,30,32)(H2,31,33,34,35). The van der Waals surface area contributed by atoms with Crippen molar-refractivity contribution in [1.29, 1.82) is 0 Å². The Bertz CT molecular complexity index is 1370. The monoisotopic (exact) mass is 499 g/mol. The zero-order valence-corrected chi connectivity index (χ0v) is 18.3. The maximum absolute atomic E-state index is 12.9. The van der Waals surface area contributed by atoms with E-state index >= 15 is 0 Å². The first-order valence-corrected chi connectivity index (χ1v) is 10.4. The summed E-state index contributed by atoms with van der Waals surface area (Å²) in [7, 11) is 0. The van der Waals surface area contributed by atoms with E-state index in [1.165, 1.54) is 54.7 Å². The van der Waals surface area contributed by atoms with Crippen LogP contribution in [-0.2, 0) is 17.4 Å². The number of H-pyrrole nitrogens is 1. The molecule has 12 heteroatoms. The number of rotatable bonds is 6. The second-order valence-electron chi connectivity index (χ2n) is 7.45. The van der Waals surface area contributed by atoms with Gasteiger partial charge >= 0.3 is 12.2 Å². The van der Waals surface area contributed by atoms with E-state index in [-0.39, 0.29) is 17.9 Å². The molecule has 2 aromatic heterocycles. The number of nitrogens with one attached hydrogen (secondary N) is 3. The normalized spacial score (nSPS) is 11.1. The molecule has 4 rings (SSSR count). The molecule has 2 aromatic carbocycles. The number of carbonyl (C=O) groups excluding carboxylic acids is 2. The Morgan fingerprint density at radius 1 is 0.944 bits per heavy atom. The van der Waals surface area contributed by atoms with Gasteiger partial charge in [-0.1, -0.05) is 12.1 Å². The minimum Gasteiger partial charge on any atom is -0.457 e. The fraction of sp³-hybridized carbons (Fsp3) is 0.0833. The fourth-order valence-corrected chi connectivity index (χ4v) is 3.06. The molecule has 0 radical (unpaired) electrons. The van der Waals surface area contributed by atoms with Crippen LogP contribution in [0.2, 0.25) is 0 Å². The molecule has 4 aromatic rings. The van der Waals surface area contributed by atoms with E-state index in [0.717, 1.165) is 0 Å². The molecule has 2 heterocycles. The summed E-state index contributed by atoms with van der Waals surface area (Å²) < 4.78 is 57.0. The third kappa shape index (κ3) is 6.44. The first kappa shape index (κ1) is 24.4. The molecule has 0 saturated heterocycles. The Kier molecular flexibility index (Phi) is 6.95. The Morgan fingerprint density at radius 2 is 1.67 bits per heavy atom. The summed E-state index contributed by atoms with van der Waals surface area (Å²) in [6, 6.07) is 13.7. The number of alkyl halides is 3. The summed E-state index contributed by atoms with van der Waals surface area (Å²) in [6.07, 6.45) is -2.60. The van der Waals surface area contributed by atoms with Crippen LogP contribution in [0.4, 0.5) is 28.0 Å². The molecule has 0 unspecified atom stereocenters. The second-order valence-corrected chi connectivity index (χ2v) is 7.45. The van der Waals surface area contributed by atoms with Gasteiger partial charge in [-0.05, 0) is 48.0 Å². The number of benzene rings is 2. The van der Waals surface area contributed by atoms with Gasteiger partial charge in [0.05, 0.1) is 12.6 Å². The van der Waals surface area contributed by atoms with Crippen LogP contribution in [0.3, 0.4) is 0 Å². The summed E-state index contributed by atoms with van der Waals surface area (Å²) in [5.41, 5.74) is 0.0913. The summed E-state index contributed by atoms with van der Waals surface area (Å²) >= 11 is 0. The average Bonchev–Trinajstić information content (AvgIpc) is 3.33. The van der Waals surface area contributed by atoms with Gasteiger partial charge in [-0.2, -0.15) is 13.2 Å². The van der Waals surface area contributed by atoms with Crippen molar-refractivity contribution in [1.82, 2.24) is 20.3 Å². The average molecular weight is 499 g/mol. The van der Waals surface area contributed by atoms with Crippen LogP contribution >= 0.6 is 0 Å². The van der Waals surface area contributed by atoms with Crippen molar-refractivity contribution in [3.05, 3.63) is 90.1 Å². The fourth-order valence-electron chi connectivity index (χ4n) is 3.06. The summed E-state index contributed by atoms with van der Waals surface area (Å²) in [4.78, 5) is 33.9. The number of pyridine rings is 1. The van der Waals surface area contributed by atoms with Gasteiger partial charge < -0.3 is 15.0 Å². The van der Waals surface area contributed by atoms with Crippen molar-refractivity contribution in [2.45, 2.75) is 12.6 Å². The molecule has 0 bridgehead atoms. The number of halogens is 4. The van der Waals surface area contributed by atoms with Crippen LogP contribution < -0.4 is 15.4 Å². The van der Waals surface area contributed by atoms with Gasteiger partial charge in [-0.3, -0.25) is 15.1 Å². The minimum absolute atomic E-state index is 0.0627. The molecule has 3 N–H and O–H groups in total. The van der Waals surface area contributed by atoms with E-state index in [1.54, 1.807) is 12.1 Å². The zero-order chi connectivity index (χ0) is 25.7. The van der Waals surface area contributed by atoms with Crippen LogP contribution in [0, 0.1) is 5.82 Å². The highest BCUT2D eigenvalue weighted by atomic mass is 19.4. The lowest BCUT2D eigenvalue weighted by atomic mass is 10.1. The van der Waals surface area contributed by atoms with Crippen molar-refractivity contribution in [2.75, 3.05) is 5.32 Å². The number of hydrogen-bond donors (Lipinski definition) is 3. The summed E-state index contributed by atoms with van der Waals surface area (Å²) in [5.74, 6) is -0.375. The molecule has 0 aliphatic rings. The SMILES string of the molecule is O=C(Cc1ccc(F)cc1)NC(=O)Nc1ccc(Oc2ccnc(-c3ncc(C(F)(F)F)[nH]3)c2)cc1. The molecule has 0 atom stereocenters. The van der Waals surface area contributed by atoms with E-state index < -0.39 is 29.6 Å². The topological polar surface area (TPSA) is 109 Å². The zero-order valence-electron chi connectivity index (χ0n) is 18.3. The molecule has 0 aliphatic carbocycles. The highest BCUT2D eigenvalue weighted by molar-refractivity contribution is 6.01. The van der Waals surface area contributed by atoms with Crippen LogP contribution in [-0.4, -0.2) is 26.9 Å². The Hall–Kier alpha value is -4.74. The lowest BCUT2D eigenvalue weighted by Crippen LogP contribution is -2.35. The largest absolute Gasteiger partial charge is 0.457 e. The number of aromatic amines is 1. The van der Waals surface area contributed by atoms with Crippen LogP contribution in [0.5, 0.6) is 11.5 Å². The van der Waals surface area contributed by atoms with Crippen molar-refractivity contribution in [3.63, 3.8) is 0 Å². The second kappa shape index (κ2) is 10.3. The van der Waals surface area contributed by atoms with E-state index in [2.05, 4.69) is 25.6 Å². The predicted molar refractivity (Wildman–Crippen MR) is 121 cm³/mol. The smallest absolute Gasteiger partial charge is 0.432 e. The summed E-state index contributed by atoms with van der Waals surface area (Å²) in [6.45, 7) is 0. The van der Waals surface area contributed by atoms with Gasteiger partial charge in [0.25, 0.3) is 0 Å². The quantitative estimate of drug-likeness (QED) is 0.312. The molecular weight excluding hydrogens is 482 g/mol. The number of amides is 3. The van der Waals surface area contributed by atoms with Gasteiger partial charge in [0.2, 0.25) is 5.91 Å². The first-order valence-electron chi connectivity index (χ1n) is 10.4. The highest BCUT2D eigenvalue weighted by Crippen LogP contribution is 2.30. The number of ether oxygens (including phenoxy) is 1. The third-order valence-electron chi connectivity index (χ3n) is 4.73. The predicted octanol–water partition coefficient (Wildman–Crippen LogP) is 5.31. The van der Waals surface area contributed by atoms with Crippen LogP contribution in [0.15, 0.2) is 73.1 Å². The van der Waals surface area contributed by atoms with Gasteiger partial charge in [0.15, 0.2) is 5.82 Å². The molecule has 0 aliphatic heterocycles. The number of hydrogen-bond acceptors (Lipinski definition) is 5. The molecule has 184 valence electrons. The van der Waals surface area contributed by atoms with E-state index in [9.17, 15) is 27.2 Å².